The molecule has 0 aromatic heterocycles. The summed E-state index contributed by atoms with van der Waals surface area (Å²) in [5, 5.41) is 11.8. The van der Waals surface area contributed by atoms with Crippen LogP contribution in [0.5, 0.6) is 5.75 Å². The van der Waals surface area contributed by atoms with Gasteiger partial charge in [0.1, 0.15) is 5.75 Å². The molecule has 0 saturated heterocycles. The van der Waals surface area contributed by atoms with Gasteiger partial charge in [0, 0.05) is 6.54 Å². The third kappa shape index (κ3) is 4.44. The molecule has 0 heterocycles. The molecule has 0 spiro atoms. The lowest BCUT2D eigenvalue weighted by Gasteiger charge is -2.11. The molecule has 0 fully saturated rings. The van der Waals surface area contributed by atoms with E-state index < -0.39 is 6.10 Å². The molecule has 2 N–H and O–H groups in total. The Bertz CT molecular complexity index is 363. The average Bonchev–Trinajstić information content (AvgIpc) is 2.33. The molecule has 94 valence electrons. The van der Waals surface area contributed by atoms with Crippen LogP contribution in [0, 0.1) is 0 Å². The van der Waals surface area contributed by atoms with Crippen molar-refractivity contribution in [2.75, 3.05) is 13.2 Å². The van der Waals surface area contributed by atoms with Crippen LogP contribution < -0.4 is 10.1 Å². The predicted octanol–water partition coefficient (Wildman–Crippen LogP) is 1.59. The third-order valence-electron chi connectivity index (χ3n) is 2.15. The Hall–Kier alpha value is -1.55. The van der Waals surface area contributed by atoms with Crippen LogP contribution in [-0.4, -0.2) is 30.3 Å². The molecule has 1 aromatic carbocycles. The summed E-state index contributed by atoms with van der Waals surface area (Å²) in [6, 6.07) is 7.10. The Balaban J connectivity index is 2.70. The second-order valence-corrected chi connectivity index (χ2v) is 3.90. The normalized spacial score (nSPS) is 11.9. The van der Waals surface area contributed by atoms with Crippen molar-refractivity contribution >= 4 is 5.91 Å². The fraction of sp³-hybridized carbons (Fsp3) is 0.462. The van der Waals surface area contributed by atoms with Gasteiger partial charge >= 0.3 is 0 Å². The van der Waals surface area contributed by atoms with Gasteiger partial charge in [0.15, 0.2) is 0 Å². The molecule has 0 bridgehead atoms. The number of rotatable bonds is 6. The highest BCUT2D eigenvalue weighted by atomic mass is 16.5. The van der Waals surface area contributed by atoms with Crippen LogP contribution >= 0.6 is 0 Å². The lowest BCUT2D eigenvalue weighted by atomic mass is 10.2. The first kappa shape index (κ1) is 13.5. The van der Waals surface area contributed by atoms with Crippen molar-refractivity contribution in [3.63, 3.8) is 0 Å². The number of aliphatic hydroxyl groups is 1. The molecule has 4 nitrogen and oxygen atoms in total. The van der Waals surface area contributed by atoms with E-state index >= 15 is 0 Å². The van der Waals surface area contributed by atoms with Crippen LogP contribution in [0.2, 0.25) is 0 Å². The number of aliphatic hydroxyl groups excluding tert-OH is 1. The van der Waals surface area contributed by atoms with Crippen LogP contribution in [0.1, 0.15) is 30.6 Å². The minimum Gasteiger partial charge on any atom is -0.493 e. The van der Waals surface area contributed by atoms with Gasteiger partial charge in [-0.2, -0.15) is 0 Å². The van der Waals surface area contributed by atoms with E-state index in [9.17, 15) is 4.79 Å². The molecule has 17 heavy (non-hydrogen) atoms. The summed E-state index contributed by atoms with van der Waals surface area (Å²) < 4.78 is 5.49. The molecule has 0 aliphatic heterocycles. The summed E-state index contributed by atoms with van der Waals surface area (Å²) in [4.78, 5) is 11.8. The van der Waals surface area contributed by atoms with E-state index in [1.54, 1.807) is 25.1 Å². The zero-order valence-electron chi connectivity index (χ0n) is 10.3. The zero-order valence-corrected chi connectivity index (χ0v) is 10.3. The van der Waals surface area contributed by atoms with Crippen LogP contribution in [0.25, 0.3) is 0 Å². The van der Waals surface area contributed by atoms with Crippen molar-refractivity contribution in [3.8, 4) is 5.75 Å². The molecule has 0 aliphatic carbocycles. The number of carbonyl (C=O) groups excluding carboxylic acids is 1. The Kier molecular flexibility index (Phi) is 5.49. The summed E-state index contributed by atoms with van der Waals surface area (Å²) in [6.07, 6.45) is 0.339. The second-order valence-electron chi connectivity index (χ2n) is 3.90. The third-order valence-corrected chi connectivity index (χ3v) is 2.15. The molecule has 4 heteroatoms. The quantitative estimate of drug-likeness (QED) is 0.790. The molecular weight excluding hydrogens is 218 g/mol. The maximum Gasteiger partial charge on any atom is 0.255 e. The second kappa shape index (κ2) is 6.91. The lowest BCUT2D eigenvalue weighted by molar-refractivity contribution is 0.0920. The standard InChI is InChI=1S/C13H19NO3/c1-3-8-17-12-7-5-4-6-11(12)13(16)14-9-10(2)15/h4-7,10,15H,3,8-9H2,1-2H3,(H,14,16). The van der Waals surface area contributed by atoms with Gasteiger partial charge in [0.05, 0.1) is 18.3 Å². The number of ether oxygens (including phenoxy) is 1. The summed E-state index contributed by atoms with van der Waals surface area (Å²) in [7, 11) is 0. The Morgan fingerprint density at radius 3 is 2.82 bits per heavy atom. The largest absolute Gasteiger partial charge is 0.493 e. The first-order valence-corrected chi connectivity index (χ1v) is 5.83. The van der Waals surface area contributed by atoms with Gasteiger partial charge in [-0.3, -0.25) is 4.79 Å². The Morgan fingerprint density at radius 2 is 2.18 bits per heavy atom. The summed E-state index contributed by atoms with van der Waals surface area (Å²) in [5.41, 5.74) is 0.501. The number of amides is 1. The summed E-state index contributed by atoms with van der Waals surface area (Å²) >= 11 is 0. The van der Waals surface area contributed by atoms with E-state index in [4.69, 9.17) is 9.84 Å². The van der Waals surface area contributed by atoms with E-state index in [0.29, 0.717) is 17.9 Å². The van der Waals surface area contributed by atoms with E-state index in [-0.39, 0.29) is 12.5 Å². The van der Waals surface area contributed by atoms with E-state index in [2.05, 4.69) is 5.32 Å². The molecular formula is C13H19NO3. The predicted molar refractivity (Wildman–Crippen MR) is 66.2 cm³/mol. The summed E-state index contributed by atoms with van der Waals surface area (Å²) in [6.45, 7) is 4.46. The minimum atomic E-state index is -0.553. The maximum atomic E-state index is 11.8. The summed E-state index contributed by atoms with van der Waals surface area (Å²) in [5.74, 6) is 0.357. The van der Waals surface area contributed by atoms with E-state index in [1.165, 1.54) is 0 Å². The zero-order chi connectivity index (χ0) is 12.7. The Morgan fingerprint density at radius 1 is 1.47 bits per heavy atom. The number of benzene rings is 1. The number of carbonyl (C=O) groups is 1. The molecule has 1 unspecified atom stereocenters. The smallest absolute Gasteiger partial charge is 0.255 e. The van der Waals surface area contributed by atoms with Gasteiger partial charge in [-0.1, -0.05) is 19.1 Å². The van der Waals surface area contributed by atoms with Crippen LogP contribution in [0.15, 0.2) is 24.3 Å². The Labute approximate surface area is 102 Å². The fourth-order valence-electron chi connectivity index (χ4n) is 1.33. The van der Waals surface area contributed by atoms with Crippen LogP contribution in [-0.2, 0) is 0 Å². The molecule has 0 radical (unpaired) electrons. The van der Waals surface area contributed by atoms with Gasteiger partial charge in [-0.05, 0) is 25.5 Å². The molecule has 1 amide bonds. The first-order valence-electron chi connectivity index (χ1n) is 5.83. The SMILES string of the molecule is CCCOc1ccccc1C(=O)NCC(C)O. The molecule has 0 saturated carbocycles. The minimum absolute atomic E-state index is 0.224. The highest BCUT2D eigenvalue weighted by Gasteiger charge is 2.11. The van der Waals surface area contributed by atoms with Crippen molar-refractivity contribution < 1.29 is 14.6 Å². The van der Waals surface area contributed by atoms with Crippen LogP contribution in [0.3, 0.4) is 0 Å². The first-order chi connectivity index (χ1) is 8.15. The van der Waals surface area contributed by atoms with E-state index in [0.717, 1.165) is 6.42 Å². The van der Waals surface area contributed by atoms with Crippen molar-refractivity contribution in [1.29, 1.82) is 0 Å². The molecule has 1 atom stereocenters. The van der Waals surface area contributed by atoms with Crippen molar-refractivity contribution in [1.82, 2.24) is 5.32 Å². The van der Waals surface area contributed by atoms with Crippen molar-refractivity contribution in [2.24, 2.45) is 0 Å². The molecule has 0 aliphatic rings. The van der Waals surface area contributed by atoms with Gasteiger partial charge < -0.3 is 15.2 Å². The maximum absolute atomic E-state index is 11.8. The van der Waals surface area contributed by atoms with Gasteiger partial charge in [0.25, 0.3) is 5.91 Å². The number of hydrogen-bond donors (Lipinski definition) is 2. The topological polar surface area (TPSA) is 58.6 Å². The fourth-order valence-corrected chi connectivity index (χ4v) is 1.33. The van der Waals surface area contributed by atoms with Crippen molar-refractivity contribution in [3.05, 3.63) is 29.8 Å². The molecule has 1 aromatic rings. The average molecular weight is 237 g/mol. The number of nitrogens with one attached hydrogen (secondary N) is 1. The number of para-hydroxylation sites is 1. The van der Waals surface area contributed by atoms with Crippen LogP contribution in [0.4, 0.5) is 0 Å². The van der Waals surface area contributed by atoms with Gasteiger partial charge in [0.2, 0.25) is 0 Å². The highest BCUT2D eigenvalue weighted by molar-refractivity contribution is 5.96. The van der Waals surface area contributed by atoms with Crippen molar-refractivity contribution in [2.45, 2.75) is 26.4 Å². The number of hydrogen-bond acceptors (Lipinski definition) is 3. The lowest BCUT2D eigenvalue weighted by Crippen LogP contribution is -2.30. The van der Waals surface area contributed by atoms with Gasteiger partial charge in [-0.15, -0.1) is 0 Å². The monoisotopic (exact) mass is 237 g/mol. The highest BCUT2D eigenvalue weighted by Crippen LogP contribution is 2.17. The van der Waals surface area contributed by atoms with E-state index in [1.807, 2.05) is 13.0 Å². The molecule has 1 rings (SSSR count). The van der Waals surface area contributed by atoms with Gasteiger partial charge in [-0.25, -0.2) is 0 Å².